The van der Waals surface area contributed by atoms with Crippen LogP contribution in [0.5, 0.6) is 17.2 Å². The van der Waals surface area contributed by atoms with Crippen LogP contribution in [-0.2, 0) is 11.3 Å². The molecule has 0 radical (unpaired) electrons. The van der Waals surface area contributed by atoms with Gasteiger partial charge in [-0.05, 0) is 50.6 Å². The Kier molecular flexibility index (Phi) is 7.26. The van der Waals surface area contributed by atoms with E-state index in [1.807, 2.05) is 55.5 Å². The molecule has 1 N–H and O–H groups in total. The molecular weight excluding hydrogens is 430 g/mol. The molecule has 0 saturated carbocycles. The molecule has 1 aromatic heterocycles. The van der Waals surface area contributed by atoms with E-state index in [9.17, 15) is 9.90 Å². The molecule has 0 spiro atoms. The van der Waals surface area contributed by atoms with Crippen molar-refractivity contribution in [3.63, 3.8) is 0 Å². The van der Waals surface area contributed by atoms with Crippen LogP contribution in [-0.4, -0.2) is 35.5 Å². The number of hydrogen-bond donors (Lipinski definition) is 1. The number of carbonyl (C=O) groups excluding carboxylic acids is 1. The number of nitrogens with zero attached hydrogens (tertiary/aromatic N) is 1. The SMILES string of the molecule is CCCCOc1ccc(OCCn2c(C)c(C(=O)OCC)c3cc(O)c4ccccc4c32)cc1. The van der Waals surface area contributed by atoms with Crippen LogP contribution in [0, 0.1) is 6.92 Å². The van der Waals surface area contributed by atoms with Gasteiger partial charge in [-0.2, -0.15) is 0 Å². The highest BCUT2D eigenvalue weighted by atomic mass is 16.5. The molecule has 0 aliphatic rings. The lowest BCUT2D eigenvalue weighted by Crippen LogP contribution is -2.11. The summed E-state index contributed by atoms with van der Waals surface area (Å²) in [7, 11) is 0. The molecule has 0 fully saturated rings. The Morgan fingerprint density at radius 1 is 0.912 bits per heavy atom. The number of hydrogen-bond acceptors (Lipinski definition) is 5. The third-order valence-electron chi connectivity index (χ3n) is 5.95. The van der Waals surface area contributed by atoms with Gasteiger partial charge in [-0.3, -0.25) is 0 Å². The summed E-state index contributed by atoms with van der Waals surface area (Å²) < 4.78 is 19.1. The molecule has 0 aliphatic carbocycles. The Morgan fingerprint density at radius 2 is 1.56 bits per heavy atom. The molecule has 0 bridgehead atoms. The van der Waals surface area contributed by atoms with Gasteiger partial charge >= 0.3 is 5.97 Å². The number of unbranched alkanes of at least 4 members (excludes halogenated alkanes) is 1. The highest BCUT2D eigenvalue weighted by molar-refractivity contribution is 6.16. The quantitative estimate of drug-likeness (QED) is 0.223. The fourth-order valence-electron chi connectivity index (χ4n) is 4.28. The molecule has 0 atom stereocenters. The minimum atomic E-state index is -0.391. The summed E-state index contributed by atoms with van der Waals surface area (Å²) >= 11 is 0. The summed E-state index contributed by atoms with van der Waals surface area (Å²) in [6.07, 6.45) is 2.13. The van der Waals surface area contributed by atoms with Gasteiger partial charge in [-0.15, -0.1) is 0 Å². The molecule has 0 amide bonds. The molecule has 3 aromatic carbocycles. The lowest BCUT2D eigenvalue weighted by atomic mass is 10.0. The van der Waals surface area contributed by atoms with E-state index < -0.39 is 5.97 Å². The van der Waals surface area contributed by atoms with Crippen molar-refractivity contribution in [3.8, 4) is 17.2 Å². The standard InChI is InChI=1S/C28H31NO5/c1-4-6-16-33-20-11-13-21(14-12-20)34-17-15-29-19(3)26(28(31)32-5-2)24-18-25(30)22-9-7-8-10-23(22)27(24)29/h7-14,18,30H,4-6,15-17H2,1-3H3. The van der Waals surface area contributed by atoms with E-state index >= 15 is 0 Å². The number of fused-ring (bicyclic) bond motifs is 3. The molecule has 6 heteroatoms. The number of phenols is 1. The van der Waals surface area contributed by atoms with Crippen LogP contribution < -0.4 is 9.47 Å². The van der Waals surface area contributed by atoms with Gasteiger partial charge in [0.15, 0.2) is 0 Å². The fourth-order valence-corrected chi connectivity index (χ4v) is 4.28. The first-order valence-electron chi connectivity index (χ1n) is 11.8. The second-order valence-electron chi connectivity index (χ2n) is 8.19. The van der Waals surface area contributed by atoms with Gasteiger partial charge in [-0.25, -0.2) is 4.79 Å². The highest BCUT2D eigenvalue weighted by Crippen LogP contribution is 2.37. The second-order valence-corrected chi connectivity index (χ2v) is 8.19. The molecule has 0 saturated heterocycles. The first kappa shape index (κ1) is 23.5. The fraction of sp³-hybridized carbons (Fsp3) is 0.321. The summed E-state index contributed by atoms with van der Waals surface area (Å²) in [6, 6.07) is 16.9. The number of esters is 1. The smallest absolute Gasteiger partial charge is 0.340 e. The number of benzene rings is 3. The van der Waals surface area contributed by atoms with Crippen LogP contribution in [0.15, 0.2) is 54.6 Å². The van der Waals surface area contributed by atoms with Crippen LogP contribution in [0.4, 0.5) is 0 Å². The van der Waals surface area contributed by atoms with Crippen LogP contribution >= 0.6 is 0 Å². The topological polar surface area (TPSA) is 69.9 Å². The predicted octanol–water partition coefficient (Wildman–Crippen LogP) is 6.24. The molecule has 4 rings (SSSR count). The van der Waals surface area contributed by atoms with E-state index in [0.717, 1.165) is 46.3 Å². The Balaban J connectivity index is 1.62. The normalized spacial score (nSPS) is 11.1. The molecule has 4 aromatic rings. The zero-order chi connectivity index (χ0) is 24.1. The predicted molar refractivity (Wildman–Crippen MR) is 134 cm³/mol. The van der Waals surface area contributed by atoms with Gasteiger partial charge < -0.3 is 23.9 Å². The summed E-state index contributed by atoms with van der Waals surface area (Å²) in [4.78, 5) is 12.8. The van der Waals surface area contributed by atoms with Crippen molar-refractivity contribution in [2.24, 2.45) is 0 Å². The van der Waals surface area contributed by atoms with Gasteiger partial charge in [0, 0.05) is 21.9 Å². The molecule has 0 aliphatic heterocycles. The van der Waals surface area contributed by atoms with Crippen LogP contribution in [0.1, 0.15) is 42.7 Å². The summed E-state index contributed by atoms with van der Waals surface area (Å²) in [5.74, 6) is 1.34. The van der Waals surface area contributed by atoms with Gasteiger partial charge in [0.1, 0.15) is 23.9 Å². The Morgan fingerprint density at radius 3 is 2.21 bits per heavy atom. The van der Waals surface area contributed by atoms with Gasteiger partial charge in [0.05, 0.1) is 30.8 Å². The summed E-state index contributed by atoms with van der Waals surface area (Å²) in [5, 5.41) is 12.9. The summed E-state index contributed by atoms with van der Waals surface area (Å²) in [5.41, 5.74) is 2.15. The average molecular weight is 462 g/mol. The van der Waals surface area contributed by atoms with Gasteiger partial charge in [0.2, 0.25) is 0 Å². The van der Waals surface area contributed by atoms with Crippen molar-refractivity contribution < 1.29 is 24.1 Å². The largest absolute Gasteiger partial charge is 0.507 e. The maximum absolute atomic E-state index is 12.8. The lowest BCUT2D eigenvalue weighted by Gasteiger charge is -2.13. The van der Waals surface area contributed by atoms with E-state index in [-0.39, 0.29) is 12.4 Å². The number of aromatic hydroxyl groups is 1. The summed E-state index contributed by atoms with van der Waals surface area (Å²) in [6.45, 7) is 7.77. The van der Waals surface area contributed by atoms with E-state index in [1.165, 1.54) is 0 Å². The zero-order valence-electron chi connectivity index (χ0n) is 20.0. The molecule has 0 unspecified atom stereocenters. The van der Waals surface area contributed by atoms with Crippen molar-refractivity contribution in [2.45, 2.75) is 40.2 Å². The maximum atomic E-state index is 12.8. The van der Waals surface area contributed by atoms with Crippen molar-refractivity contribution >= 4 is 27.6 Å². The molecule has 34 heavy (non-hydrogen) atoms. The molecule has 178 valence electrons. The van der Waals surface area contributed by atoms with Crippen molar-refractivity contribution in [1.29, 1.82) is 0 Å². The Hall–Kier alpha value is -3.67. The Labute approximate surface area is 199 Å². The monoisotopic (exact) mass is 461 g/mol. The van der Waals surface area contributed by atoms with Crippen molar-refractivity contribution in [3.05, 3.63) is 65.9 Å². The van der Waals surface area contributed by atoms with Crippen LogP contribution in [0.25, 0.3) is 21.7 Å². The number of rotatable bonds is 10. The number of phenolic OH excluding ortho intramolecular Hbond substituents is 1. The number of carbonyl (C=O) groups is 1. The first-order valence-corrected chi connectivity index (χ1v) is 11.8. The molecule has 6 nitrogen and oxygen atoms in total. The number of aromatic nitrogens is 1. The molecule has 1 heterocycles. The Bertz CT molecular complexity index is 1290. The average Bonchev–Trinajstić information content (AvgIpc) is 3.12. The zero-order valence-corrected chi connectivity index (χ0v) is 20.0. The van der Waals surface area contributed by atoms with E-state index in [1.54, 1.807) is 13.0 Å². The van der Waals surface area contributed by atoms with Crippen molar-refractivity contribution in [1.82, 2.24) is 4.57 Å². The number of ether oxygens (including phenoxy) is 3. The van der Waals surface area contributed by atoms with Crippen LogP contribution in [0.2, 0.25) is 0 Å². The van der Waals surface area contributed by atoms with E-state index in [2.05, 4.69) is 11.5 Å². The first-order chi connectivity index (χ1) is 16.5. The minimum Gasteiger partial charge on any atom is -0.507 e. The minimum absolute atomic E-state index is 0.142. The van der Waals surface area contributed by atoms with Gasteiger partial charge in [0.25, 0.3) is 0 Å². The van der Waals surface area contributed by atoms with E-state index in [0.29, 0.717) is 30.7 Å². The second kappa shape index (κ2) is 10.5. The van der Waals surface area contributed by atoms with Crippen molar-refractivity contribution in [2.75, 3.05) is 19.8 Å². The third kappa shape index (κ3) is 4.67. The maximum Gasteiger partial charge on any atom is 0.340 e. The van der Waals surface area contributed by atoms with E-state index in [4.69, 9.17) is 14.2 Å². The third-order valence-corrected chi connectivity index (χ3v) is 5.95. The lowest BCUT2D eigenvalue weighted by molar-refractivity contribution is 0.0527. The van der Waals surface area contributed by atoms with Crippen LogP contribution in [0.3, 0.4) is 0 Å². The highest BCUT2D eigenvalue weighted by Gasteiger charge is 2.23. The van der Waals surface area contributed by atoms with Gasteiger partial charge in [-0.1, -0.05) is 37.6 Å². The molecular formula is C28H31NO5.